The summed E-state index contributed by atoms with van der Waals surface area (Å²) in [6.07, 6.45) is 4.06. The van der Waals surface area contributed by atoms with Gasteiger partial charge in [0.25, 0.3) is 0 Å². The molecule has 0 amide bonds. The first kappa shape index (κ1) is 12.6. The highest BCUT2D eigenvalue weighted by Gasteiger charge is 2.26. The number of aliphatic imine (C=N–C) groups is 1. The molecule has 1 aromatic heterocycles. The van der Waals surface area contributed by atoms with Gasteiger partial charge in [-0.05, 0) is 18.2 Å². The lowest BCUT2D eigenvalue weighted by atomic mass is 10.2. The number of guanidine groups is 1. The maximum absolute atomic E-state index is 8.99. The van der Waals surface area contributed by atoms with Gasteiger partial charge < -0.3 is 5.32 Å². The van der Waals surface area contributed by atoms with Crippen LogP contribution in [0, 0.1) is 11.3 Å². The van der Waals surface area contributed by atoms with Gasteiger partial charge in [0.1, 0.15) is 0 Å². The van der Waals surface area contributed by atoms with E-state index in [9.17, 15) is 0 Å². The molecule has 1 N–H and O–H groups in total. The van der Waals surface area contributed by atoms with Gasteiger partial charge in [-0.2, -0.15) is 5.26 Å². The van der Waals surface area contributed by atoms with Crippen molar-refractivity contribution in [1.82, 2.24) is 10.3 Å². The minimum absolute atomic E-state index is 0.0412. The second-order valence-electron chi connectivity index (χ2n) is 4.31. The number of nitriles is 1. The van der Waals surface area contributed by atoms with E-state index in [0.29, 0.717) is 12.4 Å². The zero-order chi connectivity index (χ0) is 13.9. The third-order valence-corrected chi connectivity index (χ3v) is 4.11. The Hall–Kier alpha value is -2.39. The number of nitrogens with one attached hydrogen (secondary N) is 1. The molecule has 1 aromatic carbocycles. The first-order chi connectivity index (χ1) is 9.83. The highest BCUT2D eigenvalue weighted by molar-refractivity contribution is 7.22. The molecule has 1 aliphatic heterocycles. The van der Waals surface area contributed by atoms with Gasteiger partial charge in [-0.3, -0.25) is 4.90 Å². The van der Waals surface area contributed by atoms with Crippen molar-refractivity contribution in [2.75, 3.05) is 11.9 Å². The molecular formula is C14H13N5S. The van der Waals surface area contributed by atoms with E-state index >= 15 is 0 Å². The van der Waals surface area contributed by atoms with Crippen molar-refractivity contribution in [2.45, 2.75) is 12.5 Å². The van der Waals surface area contributed by atoms with Crippen molar-refractivity contribution < 1.29 is 0 Å². The van der Waals surface area contributed by atoms with Crippen LogP contribution >= 0.6 is 11.3 Å². The second kappa shape index (κ2) is 5.31. The first-order valence-corrected chi connectivity index (χ1v) is 7.09. The van der Waals surface area contributed by atoms with Crippen LogP contribution in [0.25, 0.3) is 10.2 Å². The lowest BCUT2D eigenvalue weighted by molar-refractivity contribution is 0.783. The van der Waals surface area contributed by atoms with Crippen LogP contribution in [0.3, 0.4) is 0 Å². The summed E-state index contributed by atoms with van der Waals surface area (Å²) in [5.41, 5.74) is 0.966. The van der Waals surface area contributed by atoms with Crippen molar-refractivity contribution in [3.05, 3.63) is 36.5 Å². The number of fused-ring (bicyclic) bond motifs is 1. The minimum Gasteiger partial charge on any atom is -0.359 e. The van der Waals surface area contributed by atoms with Gasteiger partial charge in [0, 0.05) is 13.2 Å². The van der Waals surface area contributed by atoms with E-state index < -0.39 is 0 Å². The third-order valence-electron chi connectivity index (χ3n) is 3.08. The molecule has 1 aliphatic rings. The van der Waals surface area contributed by atoms with Crippen LogP contribution < -0.4 is 10.2 Å². The van der Waals surface area contributed by atoms with Crippen LogP contribution in [0.4, 0.5) is 5.13 Å². The Kier molecular flexibility index (Phi) is 3.35. The summed E-state index contributed by atoms with van der Waals surface area (Å²) in [6, 6.07) is 10.2. The number of anilines is 1. The Balaban J connectivity index is 2.06. The summed E-state index contributed by atoms with van der Waals surface area (Å²) >= 11 is 1.60. The lowest BCUT2D eigenvalue weighted by Gasteiger charge is -2.30. The summed E-state index contributed by atoms with van der Waals surface area (Å²) in [7, 11) is 1.82. The van der Waals surface area contributed by atoms with Gasteiger partial charge in [0.2, 0.25) is 5.96 Å². The van der Waals surface area contributed by atoms with Crippen molar-refractivity contribution >= 4 is 32.6 Å². The van der Waals surface area contributed by atoms with Crippen LogP contribution in [0.2, 0.25) is 0 Å². The molecule has 20 heavy (non-hydrogen) atoms. The largest absolute Gasteiger partial charge is 0.359 e. The SMILES string of the molecule is CNC1=NC=CC(CC#N)N1c1nc2ccccc2s1. The molecule has 0 bridgehead atoms. The van der Waals surface area contributed by atoms with E-state index in [4.69, 9.17) is 5.26 Å². The average Bonchev–Trinajstić information content (AvgIpc) is 2.90. The zero-order valence-corrected chi connectivity index (χ0v) is 11.8. The first-order valence-electron chi connectivity index (χ1n) is 6.27. The summed E-state index contributed by atoms with van der Waals surface area (Å²) in [5, 5.41) is 12.9. The molecule has 0 saturated carbocycles. The monoisotopic (exact) mass is 283 g/mol. The molecule has 6 heteroatoms. The fourth-order valence-corrected chi connectivity index (χ4v) is 3.18. The van der Waals surface area contributed by atoms with Crippen molar-refractivity contribution in [3.8, 4) is 6.07 Å². The van der Waals surface area contributed by atoms with Crippen LogP contribution in [0.5, 0.6) is 0 Å². The maximum atomic E-state index is 8.99. The number of thiazole rings is 1. The molecule has 2 aromatic rings. The van der Waals surface area contributed by atoms with E-state index in [1.165, 1.54) is 0 Å². The molecule has 100 valence electrons. The van der Waals surface area contributed by atoms with Crippen molar-refractivity contribution in [1.29, 1.82) is 5.26 Å². The molecule has 1 unspecified atom stereocenters. The number of aromatic nitrogens is 1. The second-order valence-corrected chi connectivity index (χ2v) is 5.32. The molecule has 0 spiro atoms. The molecule has 0 saturated heterocycles. The predicted octanol–water partition coefficient (Wildman–Crippen LogP) is 2.49. The topological polar surface area (TPSA) is 64.3 Å². The molecule has 3 rings (SSSR count). The average molecular weight is 283 g/mol. The Morgan fingerprint density at radius 2 is 2.30 bits per heavy atom. The van der Waals surface area contributed by atoms with Crippen LogP contribution in [0.15, 0.2) is 41.5 Å². The zero-order valence-electron chi connectivity index (χ0n) is 10.9. The number of para-hydroxylation sites is 1. The highest BCUT2D eigenvalue weighted by atomic mass is 32.1. The smallest absolute Gasteiger partial charge is 0.205 e. The number of benzene rings is 1. The van der Waals surface area contributed by atoms with E-state index in [2.05, 4.69) is 21.4 Å². The van der Waals surface area contributed by atoms with Gasteiger partial charge in [-0.15, -0.1) is 0 Å². The Bertz CT molecular complexity index is 691. The normalized spacial score (nSPS) is 17.9. The van der Waals surface area contributed by atoms with Gasteiger partial charge in [-0.25, -0.2) is 9.98 Å². The molecule has 1 atom stereocenters. The molecule has 0 fully saturated rings. The van der Waals surface area contributed by atoms with Crippen molar-refractivity contribution in [2.24, 2.45) is 4.99 Å². The standard InChI is InChI=1S/C14H13N5S/c1-16-13-17-9-7-10(6-8-15)19(13)14-18-11-4-2-3-5-12(11)20-14/h2-5,7,9-10H,6H2,1H3,(H,16,17). The molecule has 0 aliphatic carbocycles. The quantitative estimate of drug-likeness (QED) is 0.919. The van der Waals surface area contributed by atoms with Gasteiger partial charge in [0.15, 0.2) is 5.13 Å². The van der Waals surface area contributed by atoms with E-state index in [0.717, 1.165) is 15.3 Å². The summed E-state index contributed by atoms with van der Waals surface area (Å²) < 4.78 is 1.13. The molecule has 0 radical (unpaired) electrons. The predicted molar refractivity (Wildman–Crippen MR) is 81.8 cm³/mol. The van der Waals surface area contributed by atoms with Gasteiger partial charge >= 0.3 is 0 Å². The van der Waals surface area contributed by atoms with Gasteiger partial charge in [0.05, 0.1) is 28.7 Å². The molecule has 2 heterocycles. The van der Waals surface area contributed by atoms with E-state index in [1.54, 1.807) is 17.5 Å². The van der Waals surface area contributed by atoms with E-state index in [1.807, 2.05) is 42.3 Å². The number of hydrogen-bond donors (Lipinski definition) is 1. The van der Waals surface area contributed by atoms with E-state index in [-0.39, 0.29) is 6.04 Å². The minimum atomic E-state index is -0.0412. The summed E-state index contributed by atoms with van der Waals surface area (Å²) in [4.78, 5) is 10.9. The van der Waals surface area contributed by atoms with Gasteiger partial charge in [-0.1, -0.05) is 23.5 Å². The summed E-state index contributed by atoms with van der Waals surface area (Å²) in [5.74, 6) is 0.715. The fraction of sp³-hybridized carbons (Fsp3) is 0.214. The number of rotatable bonds is 2. The molecular weight excluding hydrogens is 270 g/mol. The highest BCUT2D eigenvalue weighted by Crippen LogP contribution is 2.31. The maximum Gasteiger partial charge on any atom is 0.205 e. The Labute approximate surface area is 120 Å². The Morgan fingerprint density at radius 3 is 3.05 bits per heavy atom. The van der Waals surface area contributed by atoms with Crippen LogP contribution in [0.1, 0.15) is 6.42 Å². The number of hydrogen-bond acceptors (Lipinski definition) is 6. The molecule has 5 nitrogen and oxygen atoms in total. The Morgan fingerprint density at radius 1 is 1.45 bits per heavy atom. The van der Waals surface area contributed by atoms with Crippen LogP contribution in [-0.2, 0) is 0 Å². The fourth-order valence-electron chi connectivity index (χ4n) is 2.15. The lowest BCUT2D eigenvalue weighted by Crippen LogP contribution is -2.47. The summed E-state index contributed by atoms with van der Waals surface area (Å²) in [6.45, 7) is 0. The van der Waals surface area contributed by atoms with Crippen molar-refractivity contribution in [3.63, 3.8) is 0 Å². The van der Waals surface area contributed by atoms with Crippen LogP contribution in [-0.4, -0.2) is 24.0 Å². The third kappa shape index (κ3) is 2.12. The number of nitrogens with zero attached hydrogens (tertiary/aromatic N) is 4.